The van der Waals surface area contributed by atoms with Gasteiger partial charge >= 0.3 is 0 Å². The van der Waals surface area contributed by atoms with Gasteiger partial charge in [-0.15, -0.1) is 12.4 Å². The molecule has 102 valence electrons. The van der Waals surface area contributed by atoms with Crippen molar-refractivity contribution >= 4 is 18.3 Å². The molecule has 0 aromatic carbocycles. The molecule has 4 nitrogen and oxygen atoms in total. The summed E-state index contributed by atoms with van der Waals surface area (Å²) in [7, 11) is 0. The highest BCUT2D eigenvalue weighted by molar-refractivity contribution is 5.85. The van der Waals surface area contributed by atoms with Gasteiger partial charge in [0, 0.05) is 24.7 Å². The van der Waals surface area contributed by atoms with Gasteiger partial charge in [-0.1, -0.05) is 6.92 Å². The largest absolute Gasteiger partial charge is 0.350 e. The maximum Gasteiger partial charge on any atom is 0.237 e. The van der Waals surface area contributed by atoms with Crippen LogP contribution in [0.15, 0.2) is 0 Å². The highest BCUT2D eigenvalue weighted by Gasteiger charge is 2.29. The maximum absolute atomic E-state index is 12.0. The van der Waals surface area contributed by atoms with Crippen molar-refractivity contribution in [2.45, 2.75) is 58.2 Å². The van der Waals surface area contributed by atoms with Crippen molar-refractivity contribution in [2.24, 2.45) is 5.73 Å². The standard InChI is InChI=1S/C12H25N3O.ClH/c1-5-12(3,4)14-11(16)9(2)15-7-6-10(13)8-15;/h9-10H,5-8,13H2,1-4H3,(H,14,16);1H/t9?,10-;/m0./s1. The van der Waals surface area contributed by atoms with E-state index in [0.29, 0.717) is 0 Å². The van der Waals surface area contributed by atoms with Crippen LogP contribution in [0.25, 0.3) is 0 Å². The van der Waals surface area contributed by atoms with E-state index in [2.05, 4.69) is 17.1 Å². The van der Waals surface area contributed by atoms with Crippen LogP contribution in [0.2, 0.25) is 0 Å². The molecule has 2 atom stereocenters. The molecule has 3 N–H and O–H groups in total. The number of carbonyl (C=O) groups is 1. The zero-order chi connectivity index (χ0) is 12.3. The Hall–Kier alpha value is -0.320. The first-order chi connectivity index (χ1) is 7.35. The van der Waals surface area contributed by atoms with Gasteiger partial charge in [-0.05, 0) is 33.6 Å². The van der Waals surface area contributed by atoms with Crippen LogP contribution < -0.4 is 11.1 Å². The zero-order valence-electron chi connectivity index (χ0n) is 11.3. The van der Waals surface area contributed by atoms with Gasteiger partial charge in [-0.25, -0.2) is 0 Å². The Balaban J connectivity index is 0.00000256. The number of likely N-dealkylation sites (tertiary alicyclic amines) is 1. The number of nitrogens with one attached hydrogen (secondary N) is 1. The molecule has 0 spiro atoms. The topological polar surface area (TPSA) is 58.4 Å². The van der Waals surface area contributed by atoms with E-state index < -0.39 is 0 Å². The lowest BCUT2D eigenvalue weighted by Crippen LogP contribution is -2.51. The number of nitrogens with two attached hydrogens (primary N) is 1. The second-order valence-electron chi connectivity index (χ2n) is 5.45. The molecule has 1 aliphatic heterocycles. The summed E-state index contributed by atoms with van der Waals surface area (Å²) in [5, 5.41) is 3.08. The van der Waals surface area contributed by atoms with Gasteiger partial charge in [0.15, 0.2) is 0 Å². The van der Waals surface area contributed by atoms with Gasteiger partial charge < -0.3 is 11.1 Å². The molecule has 0 aromatic rings. The first-order valence-corrected chi connectivity index (χ1v) is 6.17. The minimum absolute atomic E-state index is 0. The zero-order valence-corrected chi connectivity index (χ0v) is 12.1. The maximum atomic E-state index is 12.0. The lowest BCUT2D eigenvalue weighted by molar-refractivity contribution is -0.127. The number of halogens is 1. The van der Waals surface area contributed by atoms with Crippen LogP contribution in [-0.4, -0.2) is 41.5 Å². The van der Waals surface area contributed by atoms with E-state index >= 15 is 0 Å². The summed E-state index contributed by atoms with van der Waals surface area (Å²) in [5.74, 6) is 0.112. The Bertz CT molecular complexity index is 258. The highest BCUT2D eigenvalue weighted by atomic mass is 35.5. The van der Waals surface area contributed by atoms with Gasteiger partial charge in [0.25, 0.3) is 0 Å². The van der Waals surface area contributed by atoms with Crippen LogP contribution in [0, 0.1) is 0 Å². The summed E-state index contributed by atoms with van der Waals surface area (Å²) in [6.07, 6.45) is 1.93. The third-order valence-corrected chi connectivity index (χ3v) is 3.53. The number of hydrogen-bond acceptors (Lipinski definition) is 3. The van der Waals surface area contributed by atoms with E-state index in [0.717, 1.165) is 25.9 Å². The van der Waals surface area contributed by atoms with Gasteiger partial charge in [0.1, 0.15) is 0 Å². The van der Waals surface area contributed by atoms with E-state index in [1.165, 1.54) is 0 Å². The molecular weight excluding hydrogens is 238 g/mol. The number of nitrogens with zero attached hydrogens (tertiary/aromatic N) is 1. The van der Waals surface area contributed by atoms with Crippen LogP contribution in [0.5, 0.6) is 0 Å². The van der Waals surface area contributed by atoms with Crippen LogP contribution >= 0.6 is 12.4 Å². The van der Waals surface area contributed by atoms with Crippen LogP contribution in [0.4, 0.5) is 0 Å². The molecule has 1 unspecified atom stereocenters. The van der Waals surface area contributed by atoms with Gasteiger partial charge in [0.05, 0.1) is 6.04 Å². The fourth-order valence-electron chi connectivity index (χ4n) is 1.86. The lowest BCUT2D eigenvalue weighted by Gasteiger charge is -2.30. The van der Waals surface area contributed by atoms with E-state index in [4.69, 9.17) is 5.73 Å². The van der Waals surface area contributed by atoms with Crippen molar-refractivity contribution in [2.75, 3.05) is 13.1 Å². The molecule has 1 heterocycles. The number of carbonyl (C=O) groups excluding carboxylic acids is 1. The van der Waals surface area contributed by atoms with Gasteiger partial charge in [-0.3, -0.25) is 9.69 Å². The molecule has 1 fully saturated rings. The average Bonchev–Trinajstić information content (AvgIpc) is 2.63. The Labute approximate surface area is 111 Å². The summed E-state index contributed by atoms with van der Waals surface area (Å²) < 4.78 is 0. The SMILES string of the molecule is CCC(C)(C)NC(=O)C(C)N1CC[C@H](N)C1.Cl. The monoisotopic (exact) mass is 263 g/mol. The van der Waals surface area contributed by atoms with E-state index in [1.54, 1.807) is 0 Å². The number of rotatable bonds is 4. The Kier molecular flexibility index (Phi) is 6.45. The normalized spacial score (nSPS) is 23.0. The van der Waals surface area contributed by atoms with Crippen molar-refractivity contribution < 1.29 is 4.79 Å². The summed E-state index contributed by atoms with van der Waals surface area (Å²) >= 11 is 0. The van der Waals surface area contributed by atoms with Crippen LogP contribution in [-0.2, 0) is 4.79 Å². The molecule has 0 aliphatic carbocycles. The summed E-state index contributed by atoms with van der Waals surface area (Å²) in [6, 6.07) is 0.161. The van der Waals surface area contributed by atoms with Crippen LogP contribution in [0.1, 0.15) is 40.5 Å². The van der Waals surface area contributed by atoms with E-state index in [-0.39, 0.29) is 35.9 Å². The molecule has 0 radical (unpaired) electrons. The third kappa shape index (κ3) is 4.82. The van der Waals surface area contributed by atoms with Gasteiger partial charge in [-0.2, -0.15) is 0 Å². The predicted molar refractivity (Wildman–Crippen MR) is 73.4 cm³/mol. The predicted octanol–water partition coefficient (Wildman–Crippen LogP) is 1.13. The summed E-state index contributed by atoms with van der Waals surface area (Å²) in [6.45, 7) is 9.90. The number of hydrogen-bond donors (Lipinski definition) is 2. The summed E-state index contributed by atoms with van der Waals surface area (Å²) in [5.41, 5.74) is 5.73. The molecule has 1 aliphatic rings. The quantitative estimate of drug-likeness (QED) is 0.800. The van der Waals surface area contributed by atoms with Crippen LogP contribution in [0.3, 0.4) is 0 Å². The summed E-state index contributed by atoms with van der Waals surface area (Å²) in [4.78, 5) is 14.2. The van der Waals surface area contributed by atoms with Crippen molar-refractivity contribution in [3.05, 3.63) is 0 Å². The lowest BCUT2D eigenvalue weighted by atomic mass is 10.0. The van der Waals surface area contributed by atoms with Crippen molar-refractivity contribution in [1.82, 2.24) is 10.2 Å². The molecule has 1 amide bonds. The fraction of sp³-hybridized carbons (Fsp3) is 0.917. The molecule has 1 saturated heterocycles. The molecule has 0 saturated carbocycles. The van der Waals surface area contributed by atoms with Crippen molar-refractivity contribution in [3.63, 3.8) is 0 Å². The third-order valence-electron chi connectivity index (χ3n) is 3.53. The van der Waals surface area contributed by atoms with E-state index in [1.807, 2.05) is 20.8 Å². The second-order valence-corrected chi connectivity index (χ2v) is 5.45. The molecule has 1 rings (SSSR count). The number of amides is 1. The molecule has 0 bridgehead atoms. The first kappa shape index (κ1) is 16.7. The molecule has 0 aromatic heterocycles. The average molecular weight is 264 g/mol. The molecular formula is C12H26ClN3O. The highest BCUT2D eigenvalue weighted by Crippen LogP contribution is 2.13. The van der Waals surface area contributed by atoms with Crippen molar-refractivity contribution in [3.8, 4) is 0 Å². The Morgan fingerprint density at radius 1 is 1.59 bits per heavy atom. The van der Waals surface area contributed by atoms with Gasteiger partial charge in [0.2, 0.25) is 5.91 Å². The molecule has 17 heavy (non-hydrogen) atoms. The first-order valence-electron chi connectivity index (χ1n) is 6.17. The van der Waals surface area contributed by atoms with Crippen molar-refractivity contribution in [1.29, 1.82) is 0 Å². The minimum atomic E-state index is -0.118. The minimum Gasteiger partial charge on any atom is -0.350 e. The Morgan fingerprint density at radius 2 is 2.18 bits per heavy atom. The molecule has 5 heteroatoms. The second kappa shape index (κ2) is 6.57. The Morgan fingerprint density at radius 3 is 2.59 bits per heavy atom. The smallest absolute Gasteiger partial charge is 0.237 e. The van der Waals surface area contributed by atoms with E-state index in [9.17, 15) is 4.79 Å². The fourth-order valence-corrected chi connectivity index (χ4v) is 1.86.